The highest BCUT2D eigenvalue weighted by molar-refractivity contribution is 8.00. The Labute approximate surface area is 165 Å². The van der Waals surface area contributed by atoms with Gasteiger partial charge in [0.2, 0.25) is 0 Å². The monoisotopic (exact) mass is 424 g/mol. The molecule has 0 saturated carbocycles. The normalized spacial score (nSPS) is 15.1. The lowest BCUT2D eigenvalue weighted by Crippen LogP contribution is -2.41. The fraction of sp³-hybridized carbons (Fsp3) is 0.235. The Balaban J connectivity index is 1.73. The van der Waals surface area contributed by atoms with Gasteiger partial charge in [-0.1, -0.05) is 17.8 Å². The first-order valence-corrected chi connectivity index (χ1v) is 10.6. The first kappa shape index (κ1) is 18.5. The van der Waals surface area contributed by atoms with E-state index in [0.29, 0.717) is 0 Å². The Morgan fingerprint density at radius 2 is 2.19 bits per heavy atom. The van der Waals surface area contributed by atoms with Crippen molar-refractivity contribution < 1.29 is 13.9 Å². The molecule has 3 aromatic heterocycles. The maximum atomic E-state index is 14.6. The zero-order chi connectivity index (χ0) is 19.0. The van der Waals surface area contributed by atoms with Crippen LogP contribution in [0.2, 0.25) is 0 Å². The van der Waals surface area contributed by atoms with E-state index in [-0.39, 0.29) is 12.1 Å². The van der Waals surface area contributed by atoms with E-state index in [4.69, 9.17) is 0 Å². The largest absolute Gasteiger partial charge is 0.382 e. The summed E-state index contributed by atoms with van der Waals surface area (Å²) < 4.78 is 34.9. The minimum atomic E-state index is -1.65. The number of hydrogen-bond acceptors (Lipinski definition) is 7. The third-order valence-corrected chi connectivity index (χ3v) is 7.41. The molecule has 0 aliphatic carbocycles. The molecule has 3 heterocycles. The Morgan fingerprint density at radius 3 is 2.93 bits per heavy atom. The first-order chi connectivity index (χ1) is 13.0. The van der Waals surface area contributed by atoms with Crippen LogP contribution >= 0.6 is 34.6 Å². The van der Waals surface area contributed by atoms with E-state index >= 15 is 0 Å². The number of halogens is 2. The zero-order valence-electron chi connectivity index (χ0n) is 14.0. The molecular weight excluding hydrogens is 410 g/mol. The van der Waals surface area contributed by atoms with E-state index in [0.717, 1.165) is 27.2 Å². The van der Waals surface area contributed by atoms with Crippen LogP contribution in [-0.2, 0) is 12.1 Å². The number of nitrogens with zero attached hydrogens (tertiary/aromatic N) is 4. The highest BCUT2D eigenvalue weighted by atomic mass is 32.2. The van der Waals surface area contributed by atoms with Crippen molar-refractivity contribution in [3.8, 4) is 0 Å². The van der Waals surface area contributed by atoms with Gasteiger partial charge < -0.3 is 5.11 Å². The van der Waals surface area contributed by atoms with Crippen molar-refractivity contribution in [1.82, 2.24) is 19.1 Å². The topological polar surface area (TPSA) is 63.8 Å². The van der Waals surface area contributed by atoms with Gasteiger partial charge in [0.25, 0.3) is 0 Å². The van der Waals surface area contributed by atoms with Crippen LogP contribution < -0.4 is 0 Å². The van der Waals surface area contributed by atoms with E-state index in [1.54, 1.807) is 18.3 Å². The minimum absolute atomic E-state index is 0.0104. The van der Waals surface area contributed by atoms with Gasteiger partial charge in [0, 0.05) is 33.0 Å². The van der Waals surface area contributed by atoms with Gasteiger partial charge >= 0.3 is 0 Å². The Kier molecular flexibility index (Phi) is 4.97. The lowest BCUT2D eigenvalue weighted by Gasteiger charge is -2.34. The van der Waals surface area contributed by atoms with Crippen molar-refractivity contribution >= 4 is 44.7 Å². The summed E-state index contributed by atoms with van der Waals surface area (Å²) in [6.07, 6.45) is 2.79. The predicted molar refractivity (Wildman–Crippen MR) is 103 cm³/mol. The van der Waals surface area contributed by atoms with E-state index in [2.05, 4.69) is 14.5 Å². The quantitative estimate of drug-likeness (QED) is 0.468. The van der Waals surface area contributed by atoms with Crippen LogP contribution in [0.1, 0.15) is 12.5 Å². The summed E-state index contributed by atoms with van der Waals surface area (Å²) in [5, 5.41) is 20.9. The average molecular weight is 425 g/mol. The highest BCUT2D eigenvalue weighted by Crippen LogP contribution is 2.42. The molecule has 27 heavy (non-hydrogen) atoms. The first-order valence-electron chi connectivity index (χ1n) is 7.96. The van der Waals surface area contributed by atoms with Crippen molar-refractivity contribution in [2.75, 3.05) is 0 Å². The molecule has 0 aliphatic rings. The maximum absolute atomic E-state index is 14.6. The SMILES string of the molecule is C[C@@H](Sc1nsc2cscc12)C(O)(Cn1cncn1)c1ccc(F)cc1F. The van der Waals surface area contributed by atoms with Crippen molar-refractivity contribution in [2.24, 2.45) is 0 Å². The van der Waals surface area contributed by atoms with Crippen LogP contribution in [0.4, 0.5) is 8.78 Å². The van der Waals surface area contributed by atoms with Crippen molar-refractivity contribution in [3.63, 3.8) is 0 Å². The zero-order valence-corrected chi connectivity index (χ0v) is 16.5. The molecular formula is C17H14F2N4OS3. The number of rotatable bonds is 6. The number of fused-ring (bicyclic) bond motifs is 1. The molecule has 5 nitrogen and oxygen atoms in total. The maximum Gasteiger partial charge on any atom is 0.137 e. The van der Waals surface area contributed by atoms with Crippen LogP contribution in [0.5, 0.6) is 0 Å². The summed E-state index contributed by atoms with van der Waals surface area (Å²) in [6.45, 7) is 1.77. The third kappa shape index (κ3) is 3.49. The van der Waals surface area contributed by atoms with Gasteiger partial charge in [0.15, 0.2) is 0 Å². The number of thioether (sulfide) groups is 1. The lowest BCUT2D eigenvalue weighted by atomic mass is 9.90. The molecule has 0 aliphatic heterocycles. The van der Waals surface area contributed by atoms with E-state index in [9.17, 15) is 13.9 Å². The Hall–Kier alpha value is -1.88. The molecule has 0 bridgehead atoms. The number of aliphatic hydroxyl groups is 1. The second-order valence-electron chi connectivity index (χ2n) is 6.04. The predicted octanol–water partition coefficient (Wildman–Crippen LogP) is 4.30. The Bertz CT molecular complexity index is 1070. The van der Waals surface area contributed by atoms with Gasteiger partial charge in [-0.2, -0.15) is 20.8 Å². The fourth-order valence-corrected chi connectivity index (χ4v) is 5.93. The van der Waals surface area contributed by atoms with E-state index in [1.165, 1.54) is 46.7 Å². The molecule has 2 atom stereocenters. The van der Waals surface area contributed by atoms with E-state index < -0.39 is 22.5 Å². The van der Waals surface area contributed by atoms with Gasteiger partial charge in [-0.05, 0) is 24.5 Å². The van der Waals surface area contributed by atoms with Gasteiger partial charge in [0.1, 0.15) is 34.9 Å². The summed E-state index contributed by atoms with van der Waals surface area (Å²) in [7, 11) is 0. The molecule has 0 amide bonds. The van der Waals surface area contributed by atoms with Crippen LogP contribution in [-0.4, -0.2) is 29.5 Å². The molecule has 1 unspecified atom stereocenters. The lowest BCUT2D eigenvalue weighted by molar-refractivity contribution is 0.0133. The summed E-state index contributed by atoms with van der Waals surface area (Å²) in [5.41, 5.74) is -1.64. The van der Waals surface area contributed by atoms with Gasteiger partial charge in [-0.3, -0.25) is 0 Å². The molecule has 0 fully saturated rings. The summed E-state index contributed by atoms with van der Waals surface area (Å²) in [4.78, 5) is 3.88. The van der Waals surface area contributed by atoms with E-state index in [1.807, 2.05) is 10.8 Å². The molecule has 1 aromatic carbocycles. The summed E-state index contributed by atoms with van der Waals surface area (Å²) >= 11 is 4.32. The molecule has 10 heteroatoms. The van der Waals surface area contributed by atoms with Gasteiger partial charge in [-0.25, -0.2) is 18.4 Å². The summed E-state index contributed by atoms with van der Waals surface area (Å²) in [6, 6.07) is 3.20. The van der Waals surface area contributed by atoms with Crippen LogP contribution in [0.15, 0.2) is 46.6 Å². The highest BCUT2D eigenvalue weighted by Gasteiger charge is 2.40. The second-order valence-corrected chi connectivity index (χ2v) is 8.92. The summed E-state index contributed by atoms with van der Waals surface area (Å²) in [5.74, 6) is -1.50. The molecule has 0 saturated heterocycles. The molecule has 140 valence electrons. The van der Waals surface area contributed by atoms with Crippen LogP contribution in [0.3, 0.4) is 0 Å². The minimum Gasteiger partial charge on any atom is -0.382 e. The number of benzene rings is 1. The molecule has 0 radical (unpaired) electrons. The standard InChI is InChI=1S/C17H14F2N4OS3/c1-10(26-16-12-5-25-6-15(12)27-22-16)17(24,7-23-9-20-8-21-23)13-3-2-11(18)4-14(13)19/h2-6,8-10,24H,7H2,1H3/t10-,17?/m1/s1. The molecule has 4 aromatic rings. The molecule has 0 spiro atoms. The fourth-order valence-electron chi connectivity index (χ4n) is 2.84. The van der Waals surface area contributed by atoms with Crippen molar-refractivity contribution in [1.29, 1.82) is 0 Å². The van der Waals surface area contributed by atoms with Gasteiger partial charge in [0.05, 0.1) is 11.2 Å². The molecule has 1 N–H and O–H groups in total. The third-order valence-electron chi connectivity index (χ3n) is 4.31. The van der Waals surface area contributed by atoms with Crippen LogP contribution in [0.25, 0.3) is 10.1 Å². The average Bonchev–Trinajstić information content (AvgIpc) is 3.34. The molecule has 4 rings (SSSR count). The smallest absolute Gasteiger partial charge is 0.137 e. The van der Waals surface area contributed by atoms with Crippen molar-refractivity contribution in [2.45, 2.75) is 29.3 Å². The Morgan fingerprint density at radius 1 is 1.33 bits per heavy atom. The van der Waals surface area contributed by atoms with Gasteiger partial charge in [-0.15, -0.1) is 0 Å². The number of hydrogen-bond donors (Lipinski definition) is 1. The van der Waals surface area contributed by atoms with Crippen LogP contribution in [0, 0.1) is 11.6 Å². The second kappa shape index (κ2) is 7.27. The number of thiophene rings is 1. The van der Waals surface area contributed by atoms with Crippen molar-refractivity contribution in [3.05, 3.63) is 58.8 Å². The number of aromatic nitrogens is 4.